The van der Waals surface area contributed by atoms with Crippen LogP contribution in [0.3, 0.4) is 0 Å². The summed E-state index contributed by atoms with van der Waals surface area (Å²) in [4.78, 5) is 2.50. The van der Waals surface area contributed by atoms with Crippen LogP contribution >= 0.6 is 0 Å². The molecule has 0 aliphatic rings. The van der Waals surface area contributed by atoms with Crippen molar-refractivity contribution in [2.24, 2.45) is 11.3 Å². The predicted molar refractivity (Wildman–Crippen MR) is 102 cm³/mol. The summed E-state index contributed by atoms with van der Waals surface area (Å²) < 4.78 is 0. The maximum absolute atomic E-state index is 4.29. The normalized spacial score (nSPS) is 16.4. The molecular weight excluding hydrogens is 266 g/mol. The summed E-state index contributed by atoms with van der Waals surface area (Å²) in [5, 5.41) is 0. The maximum Gasteiger partial charge on any atom is 0.0276 e. The molecule has 0 heterocycles. The molecule has 0 aliphatic heterocycles. The third-order valence-electron chi connectivity index (χ3n) is 4.93. The first-order valence-electron chi connectivity index (χ1n) is 9.31. The third-order valence-corrected chi connectivity index (χ3v) is 4.93. The molecule has 0 saturated heterocycles. The lowest BCUT2D eigenvalue weighted by Crippen LogP contribution is -2.40. The Morgan fingerprint density at radius 1 is 1.14 bits per heavy atom. The summed E-state index contributed by atoms with van der Waals surface area (Å²) in [6, 6.07) is 0.459. The summed E-state index contributed by atoms with van der Waals surface area (Å²) in [6.07, 6.45) is 12.4. The number of allylic oxidation sites excluding steroid dienone is 2. The Hall–Kier alpha value is -0.560. The molecule has 1 nitrogen and oxygen atoms in total. The average molecular weight is 308 g/mol. The molecule has 0 N–H and O–H groups in total. The lowest BCUT2D eigenvalue weighted by atomic mass is 9.81. The van der Waals surface area contributed by atoms with E-state index in [1.54, 1.807) is 0 Å². The van der Waals surface area contributed by atoms with Crippen LogP contribution < -0.4 is 0 Å². The van der Waals surface area contributed by atoms with Gasteiger partial charge in [0.25, 0.3) is 0 Å². The van der Waals surface area contributed by atoms with Gasteiger partial charge in [0.2, 0.25) is 0 Å². The lowest BCUT2D eigenvalue weighted by Gasteiger charge is -2.37. The number of rotatable bonds is 12. The lowest BCUT2D eigenvalue weighted by molar-refractivity contribution is 0.156. The van der Waals surface area contributed by atoms with Crippen molar-refractivity contribution >= 4 is 0 Å². The quantitative estimate of drug-likeness (QED) is 0.295. The van der Waals surface area contributed by atoms with E-state index in [9.17, 15) is 0 Å². The van der Waals surface area contributed by atoms with E-state index >= 15 is 0 Å². The molecule has 0 radical (unpaired) electrons. The molecule has 0 aromatic heterocycles. The second-order valence-corrected chi connectivity index (χ2v) is 7.70. The Morgan fingerprint density at radius 3 is 2.27 bits per heavy atom. The van der Waals surface area contributed by atoms with Gasteiger partial charge in [0, 0.05) is 12.6 Å². The van der Waals surface area contributed by atoms with E-state index in [0.29, 0.717) is 17.4 Å². The zero-order chi connectivity index (χ0) is 17.2. The topological polar surface area (TPSA) is 3.24 Å². The highest BCUT2D eigenvalue weighted by Crippen LogP contribution is 2.31. The molecule has 130 valence electrons. The second-order valence-electron chi connectivity index (χ2n) is 7.70. The molecule has 1 heteroatoms. The second kappa shape index (κ2) is 11.0. The maximum atomic E-state index is 4.29. The Balaban J connectivity index is 4.65. The Kier molecular flexibility index (Phi) is 10.8. The van der Waals surface area contributed by atoms with Crippen molar-refractivity contribution < 1.29 is 0 Å². The van der Waals surface area contributed by atoms with Gasteiger partial charge in [0.15, 0.2) is 0 Å². The van der Waals surface area contributed by atoms with Gasteiger partial charge in [0.1, 0.15) is 0 Å². The first-order valence-corrected chi connectivity index (χ1v) is 9.31. The van der Waals surface area contributed by atoms with E-state index in [-0.39, 0.29) is 0 Å². The monoisotopic (exact) mass is 307 g/mol. The van der Waals surface area contributed by atoms with E-state index in [1.165, 1.54) is 44.1 Å². The highest BCUT2D eigenvalue weighted by molar-refractivity contribution is 5.07. The first-order chi connectivity index (χ1) is 10.3. The molecule has 0 amide bonds. The van der Waals surface area contributed by atoms with E-state index in [0.717, 1.165) is 6.54 Å². The molecule has 22 heavy (non-hydrogen) atoms. The number of likely N-dealkylation sites (N-methyl/N-ethyl adjacent to an activating group) is 1. The molecule has 0 bridgehead atoms. The highest BCUT2D eigenvalue weighted by atomic mass is 15.1. The Morgan fingerprint density at radius 2 is 1.77 bits per heavy atom. The van der Waals surface area contributed by atoms with Crippen LogP contribution in [0.5, 0.6) is 0 Å². The van der Waals surface area contributed by atoms with Gasteiger partial charge in [-0.2, -0.15) is 0 Å². The van der Waals surface area contributed by atoms with E-state index in [1.807, 2.05) is 0 Å². The van der Waals surface area contributed by atoms with Gasteiger partial charge in [-0.3, -0.25) is 4.90 Å². The summed E-state index contributed by atoms with van der Waals surface area (Å²) in [7, 11) is 2.26. The third kappa shape index (κ3) is 8.17. The van der Waals surface area contributed by atoms with E-state index in [4.69, 9.17) is 0 Å². The molecule has 0 saturated carbocycles. The van der Waals surface area contributed by atoms with Crippen LogP contribution in [0, 0.1) is 11.3 Å². The molecule has 0 aromatic carbocycles. The largest absolute Gasteiger partial charge is 0.299 e. The summed E-state index contributed by atoms with van der Waals surface area (Å²) in [5.41, 5.74) is 1.72. The van der Waals surface area contributed by atoms with Crippen molar-refractivity contribution in [2.75, 3.05) is 13.6 Å². The molecule has 0 fully saturated rings. The zero-order valence-electron chi connectivity index (χ0n) is 16.4. The van der Waals surface area contributed by atoms with Crippen LogP contribution in [-0.4, -0.2) is 24.5 Å². The minimum Gasteiger partial charge on any atom is -0.299 e. The first kappa shape index (κ1) is 21.4. The fourth-order valence-electron chi connectivity index (χ4n) is 3.16. The SMILES string of the molecule is C=C(C(C)C)C(C)N(C)CC(C)(CC=CCCCC)CCC. The Bertz CT molecular complexity index is 329. The fourth-order valence-corrected chi connectivity index (χ4v) is 3.16. The smallest absolute Gasteiger partial charge is 0.0276 e. The van der Waals surface area contributed by atoms with Crippen molar-refractivity contribution in [3.8, 4) is 0 Å². The number of nitrogens with zero attached hydrogens (tertiary/aromatic N) is 1. The van der Waals surface area contributed by atoms with E-state index in [2.05, 4.69) is 72.2 Å². The summed E-state index contributed by atoms with van der Waals surface area (Å²) >= 11 is 0. The van der Waals surface area contributed by atoms with Gasteiger partial charge in [-0.15, -0.1) is 0 Å². The van der Waals surface area contributed by atoms with Gasteiger partial charge in [-0.05, 0) is 44.6 Å². The van der Waals surface area contributed by atoms with Crippen LogP contribution in [-0.2, 0) is 0 Å². The van der Waals surface area contributed by atoms with Crippen molar-refractivity contribution in [3.63, 3.8) is 0 Å². The Labute approximate surface area is 140 Å². The molecule has 0 aliphatic carbocycles. The van der Waals surface area contributed by atoms with Crippen molar-refractivity contribution in [3.05, 3.63) is 24.3 Å². The highest BCUT2D eigenvalue weighted by Gasteiger charge is 2.26. The van der Waals surface area contributed by atoms with Crippen LogP contribution in [0.25, 0.3) is 0 Å². The zero-order valence-corrected chi connectivity index (χ0v) is 16.4. The fraction of sp³-hybridized carbons (Fsp3) is 0.810. The molecular formula is C21H41N. The molecule has 0 aromatic rings. The van der Waals surface area contributed by atoms with Crippen molar-refractivity contribution in [1.29, 1.82) is 0 Å². The average Bonchev–Trinajstić information content (AvgIpc) is 2.45. The van der Waals surface area contributed by atoms with Gasteiger partial charge < -0.3 is 0 Å². The van der Waals surface area contributed by atoms with Crippen molar-refractivity contribution in [1.82, 2.24) is 4.90 Å². The molecule has 2 atom stereocenters. The molecule has 0 spiro atoms. The summed E-state index contributed by atoms with van der Waals surface area (Å²) in [5.74, 6) is 0.559. The predicted octanol–water partition coefficient (Wildman–Crippen LogP) is 6.46. The summed E-state index contributed by atoms with van der Waals surface area (Å²) in [6.45, 7) is 19.2. The van der Waals surface area contributed by atoms with Crippen LogP contribution in [0.1, 0.15) is 80.1 Å². The van der Waals surface area contributed by atoms with Gasteiger partial charge in [-0.1, -0.05) is 78.2 Å². The standard InChI is InChI=1S/C21H41N/c1-9-11-12-13-14-16-21(7,15-10-2)17-22(8)20(6)19(5)18(3)4/h13-14,18,20H,5,9-12,15-17H2,1-4,6-8H3. The van der Waals surface area contributed by atoms with Gasteiger partial charge in [-0.25, -0.2) is 0 Å². The number of hydrogen-bond donors (Lipinski definition) is 0. The van der Waals surface area contributed by atoms with Crippen molar-refractivity contribution in [2.45, 2.75) is 86.1 Å². The van der Waals surface area contributed by atoms with E-state index < -0.39 is 0 Å². The van der Waals surface area contributed by atoms with Crippen LogP contribution in [0.15, 0.2) is 24.3 Å². The number of hydrogen-bond acceptors (Lipinski definition) is 1. The van der Waals surface area contributed by atoms with Crippen LogP contribution in [0.2, 0.25) is 0 Å². The van der Waals surface area contributed by atoms with Gasteiger partial charge in [0.05, 0.1) is 0 Å². The minimum absolute atomic E-state index is 0.373. The minimum atomic E-state index is 0.373. The molecule has 2 unspecified atom stereocenters. The van der Waals surface area contributed by atoms with Gasteiger partial charge >= 0.3 is 0 Å². The van der Waals surface area contributed by atoms with Crippen LogP contribution in [0.4, 0.5) is 0 Å². The molecule has 0 rings (SSSR count). The number of unbranched alkanes of at least 4 members (excludes halogenated alkanes) is 2.